The number of rotatable bonds is 8. The van der Waals surface area contributed by atoms with Crippen LogP contribution in [0.25, 0.3) is 0 Å². The molecule has 0 bridgehead atoms. The van der Waals surface area contributed by atoms with Gasteiger partial charge in [0.05, 0.1) is 0 Å². The molecule has 0 atom stereocenters. The van der Waals surface area contributed by atoms with Crippen molar-refractivity contribution in [2.75, 3.05) is 26.7 Å². The molecule has 168 valence electrons. The molecule has 0 amide bonds. The number of ether oxygens (including phenoxy) is 1. The molecule has 8 heteroatoms. The van der Waals surface area contributed by atoms with Gasteiger partial charge in [0.25, 0.3) is 0 Å². The number of benzene rings is 2. The van der Waals surface area contributed by atoms with Gasteiger partial charge in [-0.15, -0.1) is 0 Å². The largest absolute Gasteiger partial charge is 0.484 e. The van der Waals surface area contributed by atoms with Crippen LogP contribution < -0.4 is 15.4 Å². The molecule has 0 aliphatic carbocycles. The minimum absolute atomic E-state index is 0.189. The fraction of sp³-hybridized carbons (Fsp3) is 0.435. The number of hydrogen-bond acceptors (Lipinski definition) is 3. The van der Waals surface area contributed by atoms with Crippen LogP contribution in [-0.4, -0.2) is 43.8 Å². The van der Waals surface area contributed by atoms with E-state index in [2.05, 4.69) is 44.8 Å². The zero-order valence-corrected chi connectivity index (χ0v) is 17.7. The maximum absolute atomic E-state index is 12.3. The van der Waals surface area contributed by atoms with Crippen LogP contribution in [0.15, 0.2) is 53.5 Å². The van der Waals surface area contributed by atoms with E-state index >= 15 is 0 Å². The van der Waals surface area contributed by atoms with Crippen molar-refractivity contribution in [2.24, 2.45) is 4.99 Å². The summed E-state index contributed by atoms with van der Waals surface area (Å²) in [6, 6.07) is 15.2. The Labute approximate surface area is 181 Å². The van der Waals surface area contributed by atoms with Gasteiger partial charge in [-0.2, -0.15) is 13.2 Å². The molecule has 1 saturated heterocycles. The Balaban J connectivity index is 1.44. The standard InChI is InChI=1S/C23H29F3N4O/c1-27-22(29-15-20-5-4-6-21(13-20)31-17-23(24,25)26)28-14-18-7-9-19(10-8-18)16-30-11-2-3-12-30/h4-10,13H,2-3,11-12,14-17H2,1H3,(H2,27,28,29). The minimum atomic E-state index is -4.35. The molecule has 0 radical (unpaired) electrons. The Hall–Kier alpha value is -2.74. The predicted molar refractivity (Wildman–Crippen MR) is 116 cm³/mol. The number of guanidine groups is 1. The Morgan fingerprint density at radius 2 is 1.61 bits per heavy atom. The Kier molecular flexibility index (Phi) is 8.17. The number of alkyl halides is 3. The molecule has 0 spiro atoms. The lowest BCUT2D eigenvalue weighted by molar-refractivity contribution is -0.153. The highest BCUT2D eigenvalue weighted by Crippen LogP contribution is 2.19. The summed E-state index contributed by atoms with van der Waals surface area (Å²) in [7, 11) is 1.68. The number of likely N-dealkylation sites (tertiary alicyclic amines) is 1. The van der Waals surface area contributed by atoms with Gasteiger partial charge in [0, 0.05) is 26.7 Å². The monoisotopic (exact) mass is 434 g/mol. The normalized spacial score (nSPS) is 15.2. The van der Waals surface area contributed by atoms with E-state index in [0.717, 1.165) is 17.7 Å². The summed E-state index contributed by atoms with van der Waals surface area (Å²) >= 11 is 0. The molecule has 2 aromatic rings. The smallest absolute Gasteiger partial charge is 0.422 e. The average Bonchev–Trinajstić information content (AvgIpc) is 3.26. The van der Waals surface area contributed by atoms with Crippen molar-refractivity contribution in [3.63, 3.8) is 0 Å². The van der Waals surface area contributed by atoms with Crippen molar-refractivity contribution in [2.45, 2.75) is 38.7 Å². The second kappa shape index (κ2) is 11.0. The molecule has 5 nitrogen and oxygen atoms in total. The highest BCUT2D eigenvalue weighted by molar-refractivity contribution is 5.79. The lowest BCUT2D eigenvalue weighted by Gasteiger charge is -2.15. The Bertz CT molecular complexity index is 847. The summed E-state index contributed by atoms with van der Waals surface area (Å²) in [6.45, 7) is 3.11. The summed E-state index contributed by atoms with van der Waals surface area (Å²) in [5.41, 5.74) is 3.27. The topological polar surface area (TPSA) is 48.9 Å². The van der Waals surface area contributed by atoms with Gasteiger partial charge in [0.1, 0.15) is 5.75 Å². The number of aliphatic imine (C=N–C) groups is 1. The zero-order valence-electron chi connectivity index (χ0n) is 17.7. The molecule has 2 aromatic carbocycles. The molecule has 31 heavy (non-hydrogen) atoms. The van der Waals surface area contributed by atoms with Gasteiger partial charge in [-0.05, 0) is 54.8 Å². The van der Waals surface area contributed by atoms with E-state index in [1.165, 1.54) is 37.6 Å². The first-order valence-electron chi connectivity index (χ1n) is 10.4. The zero-order chi connectivity index (χ0) is 22.1. The third-order valence-electron chi connectivity index (χ3n) is 5.07. The highest BCUT2D eigenvalue weighted by atomic mass is 19.4. The van der Waals surface area contributed by atoms with E-state index in [9.17, 15) is 13.2 Å². The first-order valence-corrected chi connectivity index (χ1v) is 10.4. The molecule has 0 unspecified atom stereocenters. The first-order chi connectivity index (χ1) is 14.9. The van der Waals surface area contributed by atoms with Crippen molar-refractivity contribution >= 4 is 5.96 Å². The van der Waals surface area contributed by atoms with Gasteiger partial charge < -0.3 is 15.4 Å². The third kappa shape index (κ3) is 8.13. The van der Waals surface area contributed by atoms with Gasteiger partial charge in [-0.1, -0.05) is 36.4 Å². The molecule has 1 heterocycles. The number of nitrogens with one attached hydrogen (secondary N) is 2. The van der Waals surface area contributed by atoms with Crippen molar-refractivity contribution in [3.8, 4) is 5.75 Å². The van der Waals surface area contributed by atoms with Crippen molar-refractivity contribution < 1.29 is 17.9 Å². The molecule has 1 fully saturated rings. The molecular weight excluding hydrogens is 405 g/mol. The van der Waals surface area contributed by atoms with E-state index in [0.29, 0.717) is 19.0 Å². The lowest BCUT2D eigenvalue weighted by Crippen LogP contribution is -2.36. The van der Waals surface area contributed by atoms with Gasteiger partial charge in [0.2, 0.25) is 0 Å². The molecule has 0 saturated carbocycles. The minimum Gasteiger partial charge on any atom is -0.484 e. The van der Waals surface area contributed by atoms with Gasteiger partial charge in [-0.25, -0.2) is 0 Å². The van der Waals surface area contributed by atoms with Gasteiger partial charge in [0.15, 0.2) is 12.6 Å². The van der Waals surface area contributed by atoms with Crippen molar-refractivity contribution in [3.05, 3.63) is 65.2 Å². The van der Waals surface area contributed by atoms with Gasteiger partial charge >= 0.3 is 6.18 Å². The predicted octanol–water partition coefficient (Wildman–Crippen LogP) is 4.09. The lowest BCUT2D eigenvalue weighted by atomic mass is 10.1. The van der Waals surface area contributed by atoms with Crippen LogP contribution >= 0.6 is 0 Å². The van der Waals surface area contributed by atoms with E-state index in [4.69, 9.17) is 4.74 Å². The fourth-order valence-electron chi connectivity index (χ4n) is 3.46. The molecule has 1 aliphatic rings. The highest BCUT2D eigenvalue weighted by Gasteiger charge is 2.28. The molecule has 1 aliphatic heterocycles. The molecular formula is C23H29F3N4O. The van der Waals surface area contributed by atoms with E-state index in [-0.39, 0.29) is 5.75 Å². The van der Waals surface area contributed by atoms with E-state index in [1.54, 1.807) is 19.2 Å². The van der Waals surface area contributed by atoms with Crippen molar-refractivity contribution in [1.29, 1.82) is 0 Å². The quantitative estimate of drug-likeness (QED) is 0.485. The molecule has 0 aromatic heterocycles. The first kappa shape index (κ1) is 22.9. The summed E-state index contributed by atoms with van der Waals surface area (Å²) in [5.74, 6) is 0.802. The summed E-state index contributed by atoms with van der Waals surface area (Å²) in [6.07, 6.45) is -1.77. The van der Waals surface area contributed by atoms with Crippen LogP contribution in [0.5, 0.6) is 5.75 Å². The van der Waals surface area contributed by atoms with Crippen LogP contribution in [0.1, 0.15) is 29.5 Å². The van der Waals surface area contributed by atoms with Crippen LogP contribution in [-0.2, 0) is 19.6 Å². The van der Waals surface area contributed by atoms with E-state index < -0.39 is 12.8 Å². The Morgan fingerprint density at radius 1 is 0.968 bits per heavy atom. The van der Waals surface area contributed by atoms with Crippen LogP contribution in [0, 0.1) is 0 Å². The number of hydrogen-bond donors (Lipinski definition) is 2. The fourth-order valence-corrected chi connectivity index (χ4v) is 3.46. The number of halogens is 3. The van der Waals surface area contributed by atoms with Crippen molar-refractivity contribution in [1.82, 2.24) is 15.5 Å². The third-order valence-corrected chi connectivity index (χ3v) is 5.07. The average molecular weight is 435 g/mol. The van der Waals surface area contributed by atoms with Gasteiger partial charge in [-0.3, -0.25) is 9.89 Å². The SMILES string of the molecule is CN=C(NCc1ccc(CN2CCCC2)cc1)NCc1cccc(OCC(F)(F)F)c1. The summed E-state index contributed by atoms with van der Waals surface area (Å²) in [4.78, 5) is 6.68. The molecule has 3 rings (SSSR count). The second-order valence-corrected chi connectivity index (χ2v) is 7.63. The number of nitrogens with zero attached hydrogens (tertiary/aromatic N) is 2. The maximum Gasteiger partial charge on any atom is 0.422 e. The summed E-state index contributed by atoms with van der Waals surface area (Å²) < 4.78 is 41.7. The van der Waals surface area contributed by atoms with E-state index in [1.807, 2.05) is 6.07 Å². The van der Waals surface area contributed by atoms with Crippen LogP contribution in [0.2, 0.25) is 0 Å². The van der Waals surface area contributed by atoms with Crippen LogP contribution in [0.3, 0.4) is 0 Å². The maximum atomic E-state index is 12.3. The van der Waals surface area contributed by atoms with Crippen LogP contribution in [0.4, 0.5) is 13.2 Å². The molecule has 2 N–H and O–H groups in total. The summed E-state index contributed by atoms with van der Waals surface area (Å²) in [5, 5.41) is 6.43. The Morgan fingerprint density at radius 3 is 2.26 bits per heavy atom. The second-order valence-electron chi connectivity index (χ2n) is 7.63.